The number of amides is 1. The molecule has 74 valence electrons. The Hall–Kier alpha value is -0.930. The highest BCUT2D eigenvalue weighted by atomic mass is 19.3. The molecule has 13 heavy (non-hydrogen) atoms. The van der Waals surface area contributed by atoms with Gasteiger partial charge in [-0.25, -0.2) is 8.78 Å². The zero-order valence-corrected chi connectivity index (χ0v) is 7.73. The highest BCUT2D eigenvalue weighted by molar-refractivity contribution is 5.88. The predicted octanol–water partition coefficient (Wildman–Crippen LogP) is 1.87. The molecule has 0 heterocycles. The Balaban J connectivity index is 2.29. The molecule has 0 saturated heterocycles. The third-order valence-electron chi connectivity index (χ3n) is 1.86. The number of carbonyl (C=O) groups excluding carboxylic acids is 1. The molecular weight excluding hydrogens is 176 g/mol. The fourth-order valence-electron chi connectivity index (χ4n) is 1.27. The van der Waals surface area contributed by atoms with E-state index in [0.717, 1.165) is 5.57 Å². The van der Waals surface area contributed by atoms with Crippen molar-refractivity contribution in [2.24, 2.45) is 0 Å². The number of allylic oxidation sites excluding steroid dienone is 1. The average Bonchev–Trinajstić information content (AvgIpc) is 1.79. The number of carbonyl (C=O) groups is 1. The summed E-state index contributed by atoms with van der Waals surface area (Å²) in [6, 6.07) is -0.349. The summed E-state index contributed by atoms with van der Waals surface area (Å²) in [5.41, 5.74) is 0.864. The third-order valence-corrected chi connectivity index (χ3v) is 1.86. The molecule has 0 aromatic heterocycles. The van der Waals surface area contributed by atoms with Gasteiger partial charge in [0.1, 0.15) is 0 Å². The van der Waals surface area contributed by atoms with Gasteiger partial charge >= 0.3 is 0 Å². The fourth-order valence-corrected chi connectivity index (χ4v) is 1.27. The van der Waals surface area contributed by atoms with Crippen molar-refractivity contribution in [2.75, 3.05) is 0 Å². The summed E-state index contributed by atoms with van der Waals surface area (Å²) in [5, 5.41) is 2.51. The number of nitrogens with one attached hydrogen (secondary N) is 1. The number of hydrogen-bond acceptors (Lipinski definition) is 1. The molecule has 1 amide bonds. The van der Waals surface area contributed by atoms with Gasteiger partial charge in [0.2, 0.25) is 5.91 Å². The molecule has 1 N–H and O–H groups in total. The second-order valence-corrected chi connectivity index (χ2v) is 3.69. The van der Waals surface area contributed by atoms with Crippen LogP contribution in [-0.2, 0) is 4.79 Å². The van der Waals surface area contributed by atoms with Crippen LogP contribution in [0.3, 0.4) is 0 Å². The van der Waals surface area contributed by atoms with E-state index in [2.05, 4.69) is 5.32 Å². The summed E-state index contributed by atoms with van der Waals surface area (Å²) < 4.78 is 24.7. The summed E-state index contributed by atoms with van der Waals surface area (Å²) in [4.78, 5) is 11.0. The van der Waals surface area contributed by atoms with Crippen LogP contribution in [0.15, 0.2) is 11.6 Å². The van der Waals surface area contributed by atoms with Crippen LogP contribution in [-0.4, -0.2) is 17.9 Å². The van der Waals surface area contributed by atoms with Gasteiger partial charge in [-0.05, 0) is 13.8 Å². The first kappa shape index (κ1) is 10.2. The minimum absolute atomic E-state index is 0.227. The highest BCUT2D eigenvalue weighted by Gasteiger charge is 2.45. The summed E-state index contributed by atoms with van der Waals surface area (Å²) in [5.74, 6) is -2.84. The first-order valence-electron chi connectivity index (χ1n) is 4.22. The van der Waals surface area contributed by atoms with Crippen molar-refractivity contribution in [2.45, 2.75) is 38.7 Å². The Morgan fingerprint density at radius 2 is 2.00 bits per heavy atom. The third kappa shape index (κ3) is 3.13. The van der Waals surface area contributed by atoms with E-state index in [1.54, 1.807) is 13.8 Å². The minimum atomic E-state index is -2.57. The van der Waals surface area contributed by atoms with Gasteiger partial charge in [-0.15, -0.1) is 0 Å². The van der Waals surface area contributed by atoms with Gasteiger partial charge in [-0.1, -0.05) is 5.57 Å². The van der Waals surface area contributed by atoms with Gasteiger partial charge < -0.3 is 5.32 Å². The van der Waals surface area contributed by atoms with Crippen LogP contribution < -0.4 is 5.32 Å². The maximum absolute atomic E-state index is 12.3. The lowest BCUT2D eigenvalue weighted by atomic mass is 9.88. The lowest BCUT2D eigenvalue weighted by Gasteiger charge is -2.34. The Kier molecular flexibility index (Phi) is 2.68. The first-order chi connectivity index (χ1) is 5.89. The van der Waals surface area contributed by atoms with E-state index < -0.39 is 5.92 Å². The molecule has 2 nitrogen and oxygen atoms in total. The van der Waals surface area contributed by atoms with Crippen LogP contribution >= 0.6 is 0 Å². The SMILES string of the molecule is CC(C)=CC(=O)NC1CC(F)(F)C1. The van der Waals surface area contributed by atoms with Crippen molar-refractivity contribution in [1.29, 1.82) is 0 Å². The largest absolute Gasteiger partial charge is 0.349 e. The Bertz CT molecular complexity index is 236. The molecule has 1 rings (SSSR count). The number of alkyl halides is 2. The topological polar surface area (TPSA) is 29.1 Å². The molecule has 0 atom stereocenters. The van der Waals surface area contributed by atoms with Crippen molar-refractivity contribution in [3.63, 3.8) is 0 Å². The molecule has 0 spiro atoms. The van der Waals surface area contributed by atoms with Crippen LogP contribution in [0.25, 0.3) is 0 Å². The number of hydrogen-bond donors (Lipinski definition) is 1. The van der Waals surface area contributed by atoms with E-state index in [4.69, 9.17) is 0 Å². The molecule has 4 heteroatoms. The van der Waals surface area contributed by atoms with E-state index >= 15 is 0 Å². The van der Waals surface area contributed by atoms with E-state index in [1.165, 1.54) is 6.08 Å². The molecular formula is C9H13F2NO. The van der Waals surface area contributed by atoms with Gasteiger partial charge in [0.05, 0.1) is 0 Å². The standard InChI is InChI=1S/C9H13F2NO/c1-6(2)3-8(13)12-7-4-9(10,11)5-7/h3,7H,4-5H2,1-2H3,(H,12,13). The molecule has 0 unspecified atom stereocenters. The normalized spacial score (nSPS) is 20.3. The minimum Gasteiger partial charge on any atom is -0.349 e. The Morgan fingerprint density at radius 1 is 1.46 bits per heavy atom. The Morgan fingerprint density at radius 3 is 2.38 bits per heavy atom. The zero-order valence-electron chi connectivity index (χ0n) is 7.73. The van der Waals surface area contributed by atoms with E-state index in [-0.39, 0.29) is 24.8 Å². The van der Waals surface area contributed by atoms with Crippen LogP contribution in [0, 0.1) is 0 Å². The van der Waals surface area contributed by atoms with Crippen LogP contribution in [0.2, 0.25) is 0 Å². The summed E-state index contributed by atoms with van der Waals surface area (Å²) >= 11 is 0. The molecule has 1 aliphatic carbocycles. The maximum Gasteiger partial charge on any atom is 0.252 e. The first-order valence-corrected chi connectivity index (χ1v) is 4.22. The highest BCUT2D eigenvalue weighted by Crippen LogP contribution is 2.37. The van der Waals surface area contributed by atoms with Crippen LogP contribution in [0.5, 0.6) is 0 Å². The average molecular weight is 189 g/mol. The number of halogens is 2. The molecule has 0 aliphatic heterocycles. The van der Waals surface area contributed by atoms with Crippen molar-refractivity contribution in [3.8, 4) is 0 Å². The monoisotopic (exact) mass is 189 g/mol. The molecule has 1 saturated carbocycles. The molecule has 0 bridgehead atoms. The van der Waals surface area contributed by atoms with Crippen molar-refractivity contribution >= 4 is 5.91 Å². The smallest absolute Gasteiger partial charge is 0.252 e. The lowest BCUT2D eigenvalue weighted by Crippen LogP contribution is -2.50. The summed E-state index contributed by atoms with van der Waals surface area (Å²) in [6.45, 7) is 3.57. The molecule has 0 aromatic rings. The van der Waals surface area contributed by atoms with Crippen molar-refractivity contribution in [1.82, 2.24) is 5.32 Å². The summed E-state index contributed by atoms with van der Waals surface area (Å²) in [7, 11) is 0. The second-order valence-electron chi connectivity index (χ2n) is 3.69. The predicted molar refractivity (Wildman–Crippen MR) is 45.5 cm³/mol. The quantitative estimate of drug-likeness (QED) is 0.660. The van der Waals surface area contributed by atoms with E-state index in [1.807, 2.05) is 0 Å². The van der Waals surface area contributed by atoms with Gasteiger partial charge in [-0.3, -0.25) is 4.79 Å². The number of rotatable bonds is 2. The summed E-state index contributed by atoms with van der Waals surface area (Å²) in [6.07, 6.45) is 0.959. The zero-order chi connectivity index (χ0) is 10.1. The van der Waals surface area contributed by atoms with Crippen molar-refractivity contribution in [3.05, 3.63) is 11.6 Å². The van der Waals surface area contributed by atoms with Crippen molar-refractivity contribution < 1.29 is 13.6 Å². The van der Waals surface area contributed by atoms with Crippen LogP contribution in [0.1, 0.15) is 26.7 Å². The Labute approximate surface area is 76.0 Å². The maximum atomic E-state index is 12.3. The van der Waals surface area contributed by atoms with Gasteiger partial charge in [0, 0.05) is 25.0 Å². The van der Waals surface area contributed by atoms with Gasteiger partial charge in [-0.2, -0.15) is 0 Å². The van der Waals surface area contributed by atoms with E-state index in [9.17, 15) is 13.6 Å². The van der Waals surface area contributed by atoms with Crippen LogP contribution in [0.4, 0.5) is 8.78 Å². The molecule has 0 aromatic carbocycles. The van der Waals surface area contributed by atoms with E-state index in [0.29, 0.717) is 0 Å². The fraction of sp³-hybridized carbons (Fsp3) is 0.667. The molecule has 1 aliphatic rings. The lowest BCUT2D eigenvalue weighted by molar-refractivity contribution is -0.124. The molecule has 1 fully saturated rings. The second kappa shape index (κ2) is 3.44. The van der Waals surface area contributed by atoms with Gasteiger partial charge in [0.25, 0.3) is 5.92 Å². The van der Waals surface area contributed by atoms with Gasteiger partial charge in [0.15, 0.2) is 0 Å². The molecule has 0 radical (unpaired) electrons.